The Morgan fingerprint density at radius 2 is 1.55 bits per heavy atom. The van der Waals surface area contributed by atoms with Crippen molar-refractivity contribution in [2.24, 2.45) is 0 Å². The van der Waals surface area contributed by atoms with Gasteiger partial charge in [0.25, 0.3) is 0 Å². The molecular formula is C13H10F3NO2S. The molecule has 0 heterocycles. The summed E-state index contributed by atoms with van der Waals surface area (Å²) in [4.78, 5) is -0.416. The zero-order valence-electron chi connectivity index (χ0n) is 10.1. The number of halogens is 3. The molecule has 0 radical (unpaired) electrons. The molecule has 2 rings (SSSR count). The highest BCUT2D eigenvalue weighted by Crippen LogP contribution is 2.24. The van der Waals surface area contributed by atoms with Gasteiger partial charge in [-0.2, -0.15) is 0 Å². The Morgan fingerprint density at radius 3 is 2.20 bits per heavy atom. The van der Waals surface area contributed by atoms with E-state index in [-0.39, 0.29) is 11.3 Å². The van der Waals surface area contributed by atoms with E-state index in [1.807, 2.05) is 0 Å². The van der Waals surface area contributed by atoms with Gasteiger partial charge in [-0.3, -0.25) is 0 Å². The number of sulfone groups is 1. The molecule has 0 amide bonds. The summed E-state index contributed by atoms with van der Waals surface area (Å²) in [5.41, 5.74) is 5.15. The first-order valence-corrected chi connectivity index (χ1v) is 7.16. The quantitative estimate of drug-likeness (QED) is 0.887. The van der Waals surface area contributed by atoms with Gasteiger partial charge in [0.2, 0.25) is 0 Å². The normalized spacial score (nSPS) is 11.6. The second kappa shape index (κ2) is 5.16. The fraction of sp³-hybridized carbons (Fsp3) is 0.0769. The zero-order valence-corrected chi connectivity index (χ0v) is 10.9. The molecule has 0 aliphatic carbocycles. The Bertz CT molecular complexity index is 760. The van der Waals surface area contributed by atoms with Crippen molar-refractivity contribution in [3.05, 3.63) is 59.4 Å². The predicted molar refractivity (Wildman–Crippen MR) is 68.1 cm³/mol. The fourth-order valence-electron chi connectivity index (χ4n) is 1.70. The van der Waals surface area contributed by atoms with Gasteiger partial charge >= 0.3 is 0 Å². The molecule has 0 atom stereocenters. The van der Waals surface area contributed by atoms with Gasteiger partial charge < -0.3 is 5.73 Å². The molecule has 106 valence electrons. The van der Waals surface area contributed by atoms with Crippen molar-refractivity contribution < 1.29 is 21.6 Å². The maximum Gasteiger partial charge on any atom is 0.184 e. The van der Waals surface area contributed by atoms with Crippen LogP contribution in [0.15, 0.2) is 41.3 Å². The standard InChI is InChI=1S/C13H10F3NO2S/c14-9-2-1-8(11(16)5-9)7-20(18,19)13-6-10(15)3-4-12(13)17/h1-6H,7,17H2. The molecule has 7 heteroatoms. The molecule has 0 aliphatic rings. The zero-order chi connectivity index (χ0) is 14.9. The highest BCUT2D eigenvalue weighted by molar-refractivity contribution is 7.90. The molecule has 2 aromatic rings. The van der Waals surface area contributed by atoms with Crippen LogP contribution < -0.4 is 5.73 Å². The Hall–Kier alpha value is -2.02. The lowest BCUT2D eigenvalue weighted by atomic mass is 10.2. The molecule has 0 bridgehead atoms. The highest BCUT2D eigenvalue weighted by Gasteiger charge is 2.21. The van der Waals surface area contributed by atoms with Crippen LogP contribution in [0.4, 0.5) is 18.9 Å². The van der Waals surface area contributed by atoms with Gasteiger partial charge in [-0.1, -0.05) is 6.07 Å². The second-order valence-electron chi connectivity index (χ2n) is 4.18. The first-order chi connectivity index (χ1) is 9.29. The first-order valence-electron chi connectivity index (χ1n) is 5.51. The third-order valence-electron chi connectivity index (χ3n) is 2.67. The van der Waals surface area contributed by atoms with Crippen LogP contribution in [0.2, 0.25) is 0 Å². The van der Waals surface area contributed by atoms with E-state index >= 15 is 0 Å². The maximum absolute atomic E-state index is 13.5. The van der Waals surface area contributed by atoms with Gasteiger partial charge in [0.15, 0.2) is 9.84 Å². The van der Waals surface area contributed by atoms with Crippen molar-refractivity contribution in [2.45, 2.75) is 10.6 Å². The Kier molecular flexibility index (Phi) is 3.71. The maximum atomic E-state index is 13.5. The van der Waals surface area contributed by atoms with Crippen LogP contribution in [-0.2, 0) is 15.6 Å². The summed E-state index contributed by atoms with van der Waals surface area (Å²) in [5.74, 6) is -3.29. The molecule has 0 aromatic heterocycles. The summed E-state index contributed by atoms with van der Waals surface area (Å²) < 4.78 is 63.5. The number of benzene rings is 2. The van der Waals surface area contributed by atoms with Crippen molar-refractivity contribution in [3.63, 3.8) is 0 Å². The van der Waals surface area contributed by atoms with Gasteiger partial charge in [-0.25, -0.2) is 21.6 Å². The van der Waals surface area contributed by atoms with Gasteiger partial charge in [0.05, 0.1) is 16.3 Å². The topological polar surface area (TPSA) is 60.2 Å². The molecule has 2 aromatic carbocycles. The predicted octanol–water partition coefficient (Wildman–Crippen LogP) is 2.66. The van der Waals surface area contributed by atoms with Crippen molar-refractivity contribution in [1.29, 1.82) is 0 Å². The summed E-state index contributed by atoms with van der Waals surface area (Å²) in [6.07, 6.45) is 0. The van der Waals surface area contributed by atoms with Crippen LogP contribution in [0, 0.1) is 17.5 Å². The molecule has 0 aliphatic heterocycles. The van der Waals surface area contributed by atoms with E-state index in [2.05, 4.69) is 0 Å². The molecule has 2 N–H and O–H groups in total. The van der Waals surface area contributed by atoms with Crippen LogP contribution in [0.1, 0.15) is 5.56 Å². The SMILES string of the molecule is Nc1ccc(F)cc1S(=O)(=O)Cc1ccc(F)cc1F. The van der Waals surface area contributed by atoms with Crippen LogP contribution >= 0.6 is 0 Å². The highest BCUT2D eigenvalue weighted by atomic mass is 32.2. The summed E-state index contributed by atoms with van der Waals surface area (Å²) in [7, 11) is -4.03. The number of anilines is 1. The van der Waals surface area contributed by atoms with Crippen molar-refractivity contribution >= 4 is 15.5 Å². The molecule has 0 fully saturated rings. The smallest absolute Gasteiger partial charge is 0.184 e. The molecule has 0 unspecified atom stereocenters. The van der Waals surface area contributed by atoms with Gasteiger partial charge in [-0.05, 0) is 24.3 Å². The number of nitrogens with two attached hydrogens (primary N) is 1. The molecule has 0 spiro atoms. The summed E-state index contributed by atoms with van der Waals surface area (Å²) in [5, 5.41) is 0. The fourth-order valence-corrected chi connectivity index (χ4v) is 3.22. The summed E-state index contributed by atoms with van der Waals surface area (Å²) >= 11 is 0. The minimum absolute atomic E-state index is 0.131. The minimum atomic E-state index is -4.03. The van der Waals surface area contributed by atoms with Crippen molar-refractivity contribution in [2.75, 3.05) is 5.73 Å². The van der Waals surface area contributed by atoms with Gasteiger partial charge in [0.1, 0.15) is 17.5 Å². The number of hydrogen-bond donors (Lipinski definition) is 1. The van der Waals surface area contributed by atoms with E-state index in [1.165, 1.54) is 0 Å². The van der Waals surface area contributed by atoms with Crippen molar-refractivity contribution in [1.82, 2.24) is 0 Å². The average Bonchev–Trinajstić information content (AvgIpc) is 2.35. The minimum Gasteiger partial charge on any atom is -0.398 e. The second-order valence-corrected chi connectivity index (χ2v) is 6.13. The molecular weight excluding hydrogens is 291 g/mol. The van der Waals surface area contributed by atoms with Crippen molar-refractivity contribution in [3.8, 4) is 0 Å². The monoisotopic (exact) mass is 301 g/mol. The largest absolute Gasteiger partial charge is 0.398 e. The molecule has 20 heavy (non-hydrogen) atoms. The van der Waals surface area contributed by atoms with Crippen LogP contribution in [0.5, 0.6) is 0 Å². The third kappa shape index (κ3) is 2.93. The van der Waals surface area contributed by atoms with E-state index in [0.29, 0.717) is 6.07 Å². The van der Waals surface area contributed by atoms with Crippen LogP contribution in [0.25, 0.3) is 0 Å². The number of rotatable bonds is 3. The average molecular weight is 301 g/mol. The molecule has 3 nitrogen and oxygen atoms in total. The Labute approximate surface area is 113 Å². The van der Waals surface area contributed by atoms with E-state index < -0.39 is 37.9 Å². The van der Waals surface area contributed by atoms with E-state index in [1.54, 1.807) is 0 Å². The number of nitrogen functional groups attached to an aromatic ring is 1. The Morgan fingerprint density at radius 1 is 0.950 bits per heavy atom. The van der Waals surface area contributed by atoms with E-state index in [9.17, 15) is 21.6 Å². The lowest BCUT2D eigenvalue weighted by Gasteiger charge is -2.08. The van der Waals surface area contributed by atoms with E-state index in [4.69, 9.17) is 5.73 Å². The first kappa shape index (κ1) is 14.4. The van der Waals surface area contributed by atoms with Crippen LogP contribution in [-0.4, -0.2) is 8.42 Å². The van der Waals surface area contributed by atoms with E-state index in [0.717, 1.165) is 30.3 Å². The third-order valence-corrected chi connectivity index (χ3v) is 4.39. The van der Waals surface area contributed by atoms with Gasteiger partial charge in [-0.15, -0.1) is 0 Å². The number of hydrogen-bond acceptors (Lipinski definition) is 3. The van der Waals surface area contributed by atoms with Gasteiger partial charge in [0, 0.05) is 11.6 Å². The van der Waals surface area contributed by atoms with Crippen LogP contribution in [0.3, 0.4) is 0 Å². The molecule has 0 saturated carbocycles. The molecule has 0 saturated heterocycles. The Balaban J connectivity index is 2.43. The lowest BCUT2D eigenvalue weighted by Crippen LogP contribution is -2.09. The summed E-state index contributed by atoms with van der Waals surface area (Å²) in [6, 6.07) is 5.46. The lowest BCUT2D eigenvalue weighted by molar-refractivity contribution is 0.569. The summed E-state index contributed by atoms with van der Waals surface area (Å²) in [6.45, 7) is 0.